The highest BCUT2D eigenvalue weighted by atomic mass is 16.5. The van der Waals surface area contributed by atoms with E-state index >= 15 is 0 Å². The number of likely N-dealkylation sites (N-methyl/N-ethyl adjacent to an activating group) is 1. The van der Waals surface area contributed by atoms with Gasteiger partial charge in [-0.05, 0) is 32.3 Å². The molecule has 1 aromatic carbocycles. The average molecular weight is 342 g/mol. The van der Waals surface area contributed by atoms with E-state index in [1.165, 1.54) is 12.8 Å². The zero-order chi connectivity index (χ0) is 17.8. The molecule has 1 aromatic heterocycles. The number of ether oxygens (including phenoxy) is 1. The Labute approximate surface area is 148 Å². The van der Waals surface area contributed by atoms with Gasteiger partial charge in [0.05, 0.1) is 18.3 Å². The van der Waals surface area contributed by atoms with Crippen molar-refractivity contribution in [1.29, 1.82) is 0 Å². The van der Waals surface area contributed by atoms with Crippen molar-refractivity contribution in [2.45, 2.75) is 58.3 Å². The van der Waals surface area contributed by atoms with E-state index in [-0.39, 0.29) is 12.0 Å². The molecule has 5 heteroatoms. The average Bonchev–Trinajstić information content (AvgIpc) is 3.25. The van der Waals surface area contributed by atoms with Crippen LogP contribution in [0.25, 0.3) is 0 Å². The van der Waals surface area contributed by atoms with Crippen molar-refractivity contribution in [3.05, 3.63) is 52.9 Å². The summed E-state index contributed by atoms with van der Waals surface area (Å²) in [6.45, 7) is 4.24. The zero-order valence-corrected chi connectivity index (χ0v) is 15.2. The lowest BCUT2D eigenvalue weighted by Gasteiger charge is -2.26. The van der Waals surface area contributed by atoms with Crippen LogP contribution in [0.15, 0.2) is 34.9 Å². The van der Waals surface area contributed by atoms with Crippen LogP contribution in [0.3, 0.4) is 0 Å². The molecule has 25 heavy (non-hydrogen) atoms. The molecule has 0 N–H and O–H groups in total. The summed E-state index contributed by atoms with van der Waals surface area (Å²) in [5.74, 6) is 0.725. The first-order valence-electron chi connectivity index (χ1n) is 8.93. The number of hydrogen-bond acceptors (Lipinski definition) is 4. The first kappa shape index (κ1) is 17.7. The third-order valence-corrected chi connectivity index (χ3v) is 4.91. The number of hydrogen-bond donors (Lipinski definition) is 0. The minimum atomic E-state index is -0.560. The Balaban J connectivity index is 1.78. The molecule has 5 nitrogen and oxygen atoms in total. The molecular weight excluding hydrogens is 316 g/mol. The number of rotatable bonds is 6. The van der Waals surface area contributed by atoms with Crippen molar-refractivity contribution >= 4 is 5.91 Å². The van der Waals surface area contributed by atoms with Gasteiger partial charge in [-0.1, -0.05) is 48.3 Å². The topological polar surface area (TPSA) is 55.6 Å². The van der Waals surface area contributed by atoms with Gasteiger partial charge in [-0.25, -0.2) is 0 Å². The lowest BCUT2D eigenvalue weighted by Crippen LogP contribution is -2.34. The van der Waals surface area contributed by atoms with Crippen LogP contribution in [-0.4, -0.2) is 29.1 Å². The summed E-state index contributed by atoms with van der Waals surface area (Å²) in [4.78, 5) is 14.8. The molecule has 1 aliphatic rings. The second-order valence-electron chi connectivity index (χ2n) is 6.83. The fraction of sp³-hybridized carbons (Fsp3) is 0.500. The fourth-order valence-corrected chi connectivity index (χ4v) is 3.37. The van der Waals surface area contributed by atoms with Crippen LogP contribution in [0, 0.1) is 13.8 Å². The smallest absolute Gasteiger partial charge is 0.256 e. The molecule has 0 unspecified atom stereocenters. The predicted octanol–water partition coefficient (Wildman–Crippen LogP) is 3.95. The lowest BCUT2D eigenvalue weighted by molar-refractivity contribution is -0.147. The van der Waals surface area contributed by atoms with E-state index < -0.39 is 6.10 Å². The highest BCUT2D eigenvalue weighted by Crippen LogP contribution is 2.29. The second-order valence-corrected chi connectivity index (χ2v) is 6.83. The summed E-state index contributed by atoms with van der Waals surface area (Å²) < 4.78 is 11.4. The van der Waals surface area contributed by atoms with Gasteiger partial charge in [0.1, 0.15) is 5.76 Å². The molecule has 0 saturated heterocycles. The van der Waals surface area contributed by atoms with Crippen LogP contribution in [0.2, 0.25) is 0 Å². The molecule has 1 saturated carbocycles. The molecule has 3 rings (SSSR count). The van der Waals surface area contributed by atoms with Gasteiger partial charge in [-0.2, -0.15) is 0 Å². The highest BCUT2D eigenvalue weighted by molar-refractivity contribution is 5.82. The van der Waals surface area contributed by atoms with E-state index in [0.29, 0.717) is 6.54 Å². The summed E-state index contributed by atoms with van der Waals surface area (Å²) in [5, 5.41) is 3.97. The van der Waals surface area contributed by atoms with Crippen LogP contribution < -0.4 is 0 Å². The molecule has 2 aromatic rings. The SMILES string of the molecule is Cc1noc(C)c1CN(C)C(=O)[C@@H](OC1CCCC1)c1ccccc1. The highest BCUT2D eigenvalue weighted by Gasteiger charge is 2.30. The molecule has 0 spiro atoms. The second kappa shape index (κ2) is 7.83. The van der Waals surface area contributed by atoms with Crippen molar-refractivity contribution in [2.75, 3.05) is 7.05 Å². The summed E-state index contributed by atoms with van der Waals surface area (Å²) in [6, 6.07) is 9.76. The number of amides is 1. The Morgan fingerprint density at radius 3 is 2.56 bits per heavy atom. The third-order valence-electron chi connectivity index (χ3n) is 4.91. The van der Waals surface area contributed by atoms with Crippen molar-refractivity contribution in [3.8, 4) is 0 Å². The molecule has 0 radical (unpaired) electrons. The van der Waals surface area contributed by atoms with Gasteiger partial charge in [0.2, 0.25) is 0 Å². The standard InChI is InChI=1S/C20H26N2O3/c1-14-18(15(2)25-21-14)13-22(3)20(23)19(16-9-5-4-6-10-16)24-17-11-7-8-12-17/h4-6,9-10,17,19H,7-8,11-13H2,1-3H3/t19-/m0/s1. The summed E-state index contributed by atoms with van der Waals surface area (Å²) >= 11 is 0. The largest absolute Gasteiger partial charge is 0.361 e. The van der Waals surface area contributed by atoms with Crippen LogP contribution in [0.5, 0.6) is 0 Å². The van der Waals surface area contributed by atoms with Crippen LogP contribution in [-0.2, 0) is 16.1 Å². The normalized spacial score (nSPS) is 16.1. The van der Waals surface area contributed by atoms with Crippen molar-refractivity contribution in [2.24, 2.45) is 0 Å². The van der Waals surface area contributed by atoms with Gasteiger partial charge in [-0.15, -0.1) is 0 Å². The zero-order valence-electron chi connectivity index (χ0n) is 15.2. The van der Waals surface area contributed by atoms with Crippen LogP contribution in [0.4, 0.5) is 0 Å². The summed E-state index contributed by atoms with van der Waals surface area (Å²) in [5.41, 5.74) is 2.69. The van der Waals surface area contributed by atoms with E-state index in [1.807, 2.05) is 51.2 Å². The predicted molar refractivity (Wildman–Crippen MR) is 95.0 cm³/mol. The monoisotopic (exact) mass is 342 g/mol. The molecule has 134 valence electrons. The maximum Gasteiger partial charge on any atom is 0.256 e. The van der Waals surface area contributed by atoms with Crippen molar-refractivity contribution < 1.29 is 14.1 Å². The van der Waals surface area contributed by atoms with Gasteiger partial charge in [-0.3, -0.25) is 4.79 Å². The Morgan fingerprint density at radius 2 is 1.96 bits per heavy atom. The summed E-state index contributed by atoms with van der Waals surface area (Å²) in [7, 11) is 1.81. The molecule has 0 bridgehead atoms. The third kappa shape index (κ3) is 4.10. The van der Waals surface area contributed by atoms with E-state index in [2.05, 4.69) is 5.16 Å². The van der Waals surface area contributed by atoms with E-state index in [1.54, 1.807) is 4.90 Å². The number of carbonyl (C=O) groups excluding carboxylic acids is 1. The Morgan fingerprint density at radius 1 is 1.28 bits per heavy atom. The fourth-order valence-electron chi connectivity index (χ4n) is 3.37. The number of benzene rings is 1. The van der Waals surface area contributed by atoms with Gasteiger partial charge >= 0.3 is 0 Å². The van der Waals surface area contributed by atoms with Gasteiger partial charge in [0, 0.05) is 12.6 Å². The molecule has 0 aliphatic heterocycles. The number of carbonyl (C=O) groups is 1. The van der Waals surface area contributed by atoms with Crippen LogP contribution in [0.1, 0.15) is 54.4 Å². The van der Waals surface area contributed by atoms with Crippen molar-refractivity contribution in [1.82, 2.24) is 10.1 Å². The Bertz CT molecular complexity index is 685. The van der Waals surface area contributed by atoms with E-state index in [9.17, 15) is 4.79 Å². The van der Waals surface area contributed by atoms with E-state index in [0.717, 1.165) is 35.4 Å². The quantitative estimate of drug-likeness (QED) is 0.797. The lowest BCUT2D eigenvalue weighted by atomic mass is 10.1. The molecular formula is C20H26N2O3. The summed E-state index contributed by atoms with van der Waals surface area (Å²) in [6.07, 6.45) is 4.02. The number of aromatic nitrogens is 1. The van der Waals surface area contributed by atoms with Crippen molar-refractivity contribution in [3.63, 3.8) is 0 Å². The Hall–Kier alpha value is -2.14. The minimum Gasteiger partial charge on any atom is -0.361 e. The molecule has 1 atom stereocenters. The maximum absolute atomic E-state index is 13.1. The molecule has 1 amide bonds. The Kier molecular flexibility index (Phi) is 5.53. The first-order chi connectivity index (χ1) is 12.1. The number of nitrogens with zero attached hydrogens (tertiary/aromatic N) is 2. The first-order valence-corrected chi connectivity index (χ1v) is 8.93. The van der Waals surface area contributed by atoms with Crippen LogP contribution >= 0.6 is 0 Å². The molecule has 1 heterocycles. The molecule has 1 aliphatic carbocycles. The number of aryl methyl sites for hydroxylation is 2. The van der Waals surface area contributed by atoms with Gasteiger partial charge < -0.3 is 14.2 Å². The molecule has 1 fully saturated rings. The minimum absolute atomic E-state index is 0.0295. The van der Waals surface area contributed by atoms with E-state index in [4.69, 9.17) is 9.26 Å². The van der Waals surface area contributed by atoms with Gasteiger partial charge in [0.25, 0.3) is 5.91 Å². The van der Waals surface area contributed by atoms with Gasteiger partial charge in [0.15, 0.2) is 6.10 Å². The maximum atomic E-state index is 13.1.